The van der Waals surface area contributed by atoms with Gasteiger partial charge in [-0.2, -0.15) is 0 Å². The van der Waals surface area contributed by atoms with Crippen molar-refractivity contribution < 1.29 is 18.8 Å². The fourth-order valence-corrected chi connectivity index (χ4v) is 4.01. The molecule has 0 radical (unpaired) electrons. The Kier molecular flexibility index (Phi) is 6.77. The van der Waals surface area contributed by atoms with Gasteiger partial charge in [-0.1, -0.05) is 47.5 Å². The molecule has 5 nitrogen and oxygen atoms in total. The molecular formula is C25H19Cl2FN2O3. The topological polar surface area (TPSA) is 57.7 Å². The lowest BCUT2D eigenvalue weighted by molar-refractivity contribution is -0.138. The quantitative estimate of drug-likeness (QED) is 0.460. The summed E-state index contributed by atoms with van der Waals surface area (Å²) in [5.74, 6) is -1.63. The Balaban J connectivity index is 1.62. The summed E-state index contributed by atoms with van der Waals surface area (Å²) in [5.41, 5.74) is 1.76. The van der Waals surface area contributed by atoms with E-state index in [1.54, 1.807) is 60.7 Å². The van der Waals surface area contributed by atoms with Crippen LogP contribution in [0, 0.1) is 5.82 Å². The van der Waals surface area contributed by atoms with E-state index < -0.39 is 23.7 Å². The number of hydrogen-bond donors (Lipinski definition) is 0. The van der Waals surface area contributed by atoms with E-state index >= 15 is 0 Å². The molecule has 8 heteroatoms. The number of hydrogen-bond acceptors (Lipinski definition) is 3. The van der Waals surface area contributed by atoms with Gasteiger partial charge in [0.05, 0.1) is 18.5 Å². The molecule has 0 saturated carbocycles. The molecule has 1 aliphatic heterocycles. The Morgan fingerprint density at radius 2 is 1.42 bits per heavy atom. The van der Waals surface area contributed by atoms with E-state index in [1.807, 2.05) is 0 Å². The third-order valence-electron chi connectivity index (χ3n) is 5.44. The average Bonchev–Trinajstić information content (AvgIpc) is 3.09. The van der Waals surface area contributed by atoms with Crippen molar-refractivity contribution in [3.05, 3.63) is 99.8 Å². The first-order valence-electron chi connectivity index (χ1n) is 10.2. The van der Waals surface area contributed by atoms with Crippen LogP contribution in [0.4, 0.5) is 10.1 Å². The molecule has 1 atom stereocenters. The maximum atomic E-state index is 13.4. The van der Waals surface area contributed by atoms with Crippen LogP contribution in [0.25, 0.3) is 0 Å². The van der Waals surface area contributed by atoms with Gasteiger partial charge in [0.15, 0.2) is 0 Å². The molecule has 1 heterocycles. The van der Waals surface area contributed by atoms with Crippen molar-refractivity contribution in [3.63, 3.8) is 0 Å². The SMILES string of the molecule is O=C1CC(N(Cc2ccc(F)cc2)C(=O)Cc2ccc(Cl)cc2)C(=O)N1c1ccc(Cl)cc1. The van der Waals surface area contributed by atoms with Crippen molar-refractivity contribution >= 4 is 46.6 Å². The molecule has 0 N–H and O–H groups in total. The second-order valence-electron chi connectivity index (χ2n) is 7.72. The van der Waals surface area contributed by atoms with Gasteiger partial charge >= 0.3 is 0 Å². The van der Waals surface area contributed by atoms with E-state index in [0.717, 1.165) is 10.5 Å². The molecule has 168 valence electrons. The molecule has 33 heavy (non-hydrogen) atoms. The van der Waals surface area contributed by atoms with Gasteiger partial charge in [-0.05, 0) is 59.7 Å². The minimum Gasteiger partial charge on any atom is -0.325 e. The van der Waals surface area contributed by atoms with Gasteiger partial charge in [0.1, 0.15) is 11.9 Å². The summed E-state index contributed by atoms with van der Waals surface area (Å²) in [5, 5.41) is 1.02. The maximum absolute atomic E-state index is 13.4. The van der Waals surface area contributed by atoms with E-state index in [-0.39, 0.29) is 25.3 Å². The van der Waals surface area contributed by atoms with Crippen LogP contribution in [0.3, 0.4) is 0 Å². The van der Waals surface area contributed by atoms with Crippen LogP contribution >= 0.6 is 23.2 Å². The van der Waals surface area contributed by atoms with Gasteiger partial charge in [-0.15, -0.1) is 0 Å². The molecule has 3 amide bonds. The molecule has 1 unspecified atom stereocenters. The van der Waals surface area contributed by atoms with Gasteiger partial charge in [0, 0.05) is 16.6 Å². The van der Waals surface area contributed by atoms with E-state index in [2.05, 4.69) is 0 Å². The van der Waals surface area contributed by atoms with Crippen LogP contribution in [0.2, 0.25) is 10.0 Å². The fraction of sp³-hybridized carbons (Fsp3) is 0.160. The normalized spacial score (nSPS) is 15.7. The van der Waals surface area contributed by atoms with Gasteiger partial charge in [-0.3, -0.25) is 14.4 Å². The van der Waals surface area contributed by atoms with Crippen molar-refractivity contribution in [2.24, 2.45) is 0 Å². The first-order valence-corrected chi connectivity index (χ1v) is 11.0. The molecule has 0 aromatic heterocycles. The zero-order valence-electron chi connectivity index (χ0n) is 17.4. The molecule has 0 bridgehead atoms. The zero-order valence-corrected chi connectivity index (χ0v) is 18.9. The van der Waals surface area contributed by atoms with Crippen molar-refractivity contribution in [3.8, 4) is 0 Å². The number of carbonyl (C=O) groups is 3. The maximum Gasteiger partial charge on any atom is 0.257 e. The van der Waals surface area contributed by atoms with Gasteiger partial charge in [0.25, 0.3) is 5.91 Å². The lowest BCUT2D eigenvalue weighted by Crippen LogP contribution is -2.45. The van der Waals surface area contributed by atoms with Crippen molar-refractivity contribution in [2.45, 2.75) is 25.4 Å². The highest BCUT2D eigenvalue weighted by Gasteiger charge is 2.44. The summed E-state index contributed by atoms with van der Waals surface area (Å²) in [6, 6.07) is 17.9. The number of amides is 3. The van der Waals surface area contributed by atoms with Crippen LogP contribution in [0.5, 0.6) is 0 Å². The van der Waals surface area contributed by atoms with Gasteiger partial charge in [0.2, 0.25) is 11.8 Å². The molecular weight excluding hydrogens is 466 g/mol. The number of benzene rings is 3. The average molecular weight is 485 g/mol. The van der Waals surface area contributed by atoms with E-state index in [1.165, 1.54) is 17.0 Å². The Morgan fingerprint density at radius 1 is 0.879 bits per heavy atom. The third kappa shape index (κ3) is 5.24. The van der Waals surface area contributed by atoms with Crippen LogP contribution in [0.1, 0.15) is 17.5 Å². The lowest BCUT2D eigenvalue weighted by Gasteiger charge is -2.28. The summed E-state index contributed by atoms with van der Waals surface area (Å²) in [7, 11) is 0. The number of halogens is 3. The highest BCUT2D eigenvalue weighted by atomic mass is 35.5. The Labute approximate surface area is 200 Å². The monoisotopic (exact) mass is 484 g/mol. The van der Waals surface area contributed by atoms with Crippen molar-refractivity contribution in [1.82, 2.24) is 4.90 Å². The lowest BCUT2D eigenvalue weighted by atomic mass is 10.1. The third-order valence-corrected chi connectivity index (χ3v) is 5.94. The summed E-state index contributed by atoms with van der Waals surface area (Å²) in [6.07, 6.45) is -0.119. The Hall–Kier alpha value is -3.22. The number of nitrogens with zero attached hydrogens (tertiary/aromatic N) is 2. The number of imide groups is 1. The molecule has 1 saturated heterocycles. The Bertz CT molecular complexity index is 1180. The summed E-state index contributed by atoms with van der Waals surface area (Å²) < 4.78 is 13.4. The second-order valence-corrected chi connectivity index (χ2v) is 8.59. The molecule has 0 aliphatic carbocycles. The predicted molar refractivity (Wildman–Crippen MR) is 124 cm³/mol. The van der Waals surface area contributed by atoms with Crippen LogP contribution in [-0.4, -0.2) is 28.7 Å². The van der Waals surface area contributed by atoms with E-state index in [4.69, 9.17) is 23.2 Å². The summed E-state index contributed by atoms with van der Waals surface area (Å²) in [6.45, 7) is 0.0604. The van der Waals surface area contributed by atoms with Crippen LogP contribution in [-0.2, 0) is 27.3 Å². The molecule has 4 rings (SSSR count). The van der Waals surface area contributed by atoms with E-state index in [0.29, 0.717) is 21.3 Å². The van der Waals surface area contributed by atoms with Gasteiger partial charge in [-0.25, -0.2) is 9.29 Å². The van der Waals surface area contributed by atoms with Crippen LogP contribution in [0.15, 0.2) is 72.8 Å². The highest BCUT2D eigenvalue weighted by molar-refractivity contribution is 6.31. The van der Waals surface area contributed by atoms with Crippen molar-refractivity contribution in [1.29, 1.82) is 0 Å². The molecule has 1 fully saturated rings. The van der Waals surface area contributed by atoms with Gasteiger partial charge < -0.3 is 4.90 Å². The number of carbonyl (C=O) groups excluding carboxylic acids is 3. The highest BCUT2D eigenvalue weighted by Crippen LogP contribution is 2.28. The minimum atomic E-state index is -0.974. The first-order chi connectivity index (χ1) is 15.8. The number of rotatable bonds is 6. The van der Waals surface area contributed by atoms with E-state index in [9.17, 15) is 18.8 Å². The molecule has 3 aromatic rings. The molecule has 1 aliphatic rings. The first kappa shape index (κ1) is 23.0. The smallest absolute Gasteiger partial charge is 0.257 e. The summed E-state index contributed by atoms with van der Waals surface area (Å²) in [4.78, 5) is 41.8. The molecule has 3 aromatic carbocycles. The largest absolute Gasteiger partial charge is 0.325 e. The predicted octanol–water partition coefficient (Wildman–Crippen LogP) is 5.04. The zero-order chi connectivity index (χ0) is 23.5. The Morgan fingerprint density at radius 3 is 2.03 bits per heavy atom. The standard InChI is InChI=1S/C25H19Cl2FN2O3/c26-18-5-1-16(2-6-18)13-23(31)29(15-17-3-9-20(28)10-4-17)22-14-24(32)30(25(22)33)21-11-7-19(27)8-12-21/h1-12,22H,13-15H2. The minimum absolute atomic E-state index is 0.0251. The van der Waals surface area contributed by atoms with Crippen molar-refractivity contribution in [2.75, 3.05) is 4.90 Å². The summed E-state index contributed by atoms with van der Waals surface area (Å²) >= 11 is 11.9. The molecule has 0 spiro atoms. The fourth-order valence-electron chi connectivity index (χ4n) is 3.76. The van der Waals surface area contributed by atoms with Crippen LogP contribution < -0.4 is 4.90 Å². The number of anilines is 1. The second kappa shape index (κ2) is 9.73.